The Hall–Kier alpha value is -1.63. The van der Waals surface area contributed by atoms with Gasteiger partial charge in [-0.1, -0.05) is 6.92 Å². The van der Waals surface area contributed by atoms with Gasteiger partial charge in [-0.3, -0.25) is 0 Å². The van der Waals surface area contributed by atoms with E-state index < -0.39 is 11.6 Å². The van der Waals surface area contributed by atoms with Gasteiger partial charge < -0.3 is 4.90 Å². The van der Waals surface area contributed by atoms with E-state index in [-0.39, 0.29) is 17.3 Å². The van der Waals surface area contributed by atoms with Crippen molar-refractivity contribution in [2.75, 3.05) is 11.9 Å². The van der Waals surface area contributed by atoms with E-state index in [1.165, 1.54) is 12.1 Å². The summed E-state index contributed by atoms with van der Waals surface area (Å²) < 4.78 is 27.6. The van der Waals surface area contributed by atoms with Crippen molar-refractivity contribution in [1.82, 2.24) is 0 Å². The van der Waals surface area contributed by atoms with Crippen LogP contribution in [0.4, 0.5) is 14.5 Å². The lowest BCUT2D eigenvalue weighted by atomic mass is 9.86. The van der Waals surface area contributed by atoms with Crippen molar-refractivity contribution in [1.29, 1.82) is 5.26 Å². The van der Waals surface area contributed by atoms with Crippen molar-refractivity contribution >= 4 is 5.69 Å². The zero-order valence-electron chi connectivity index (χ0n) is 11.3. The third kappa shape index (κ3) is 2.70. The predicted molar refractivity (Wildman–Crippen MR) is 70.9 cm³/mol. The third-order valence-corrected chi connectivity index (χ3v) is 4.10. The van der Waals surface area contributed by atoms with Crippen LogP contribution >= 0.6 is 0 Å². The molecule has 0 radical (unpaired) electrons. The number of rotatable bonds is 2. The van der Waals surface area contributed by atoms with Crippen molar-refractivity contribution in [3.8, 4) is 6.07 Å². The Labute approximate surface area is 112 Å². The van der Waals surface area contributed by atoms with Crippen LogP contribution in [-0.2, 0) is 0 Å². The van der Waals surface area contributed by atoms with Gasteiger partial charge in [0.2, 0.25) is 0 Å². The quantitative estimate of drug-likeness (QED) is 0.811. The maximum Gasteiger partial charge on any atom is 0.183 e. The van der Waals surface area contributed by atoms with Crippen molar-refractivity contribution in [3.05, 3.63) is 29.3 Å². The Bertz CT molecular complexity index is 500. The molecule has 1 fully saturated rings. The Morgan fingerprint density at radius 2 is 1.79 bits per heavy atom. The maximum absolute atomic E-state index is 14.0. The van der Waals surface area contributed by atoms with Crippen LogP contribution in [0.15, 0.2) is 12.1 Å². The Kier molecular flexibility index (Phi) is 4.04. The summed E-state index contributed by atoms with van der Waals surface area (Å²) in [6.45, 7) is 2.22. The largest absolute Gasteiger partial charge is 0.369 e. The summed E-state index contributed by atoms with van der Waals surface area (Å²) in [6, 6.07) is 4.74. The highest BCUT2D eigenvalue weighted by Gasteiger charge is 2.25. The number of anilines is 1. The standard InChI is InChI=1S/C15H18F2N2/c1-10-3-6-12(7-4-10)19(2)13-8-5-11(9-18)14(16)15(13)17/h5,8,10,12H,3-4,6-7H2,1-2H3. The average Bonchev–Trinajstić information content (AvgIpc) is 2.42. The number of hydrogen-bond acceptors (Lipinski definition) is 2. The van der Waals surface area contributed by atoms with E-state index in [0.29, 0.717) is 5.92 Å². The maximum atomic E-state index is 14.0. The van der Waals surface area contributed by atoms with Gasteiger partial charge in [-0.25, -0.2) is 8.78 Å². The number of hydrogen-bond donors (Lipinski definition) is 0. The van der Waals surface area contributed by atoms with E-state index >= 15 is 0 Å². The van der Waals surface area contributed by atoms with E-state index in [2.05, 4.69) is 6.92 Å². The van der Waals surface area contributed by atoms with Gasteiger partial charge in [0.15, 0.2) is 11.6 Å². The van der Waals surface area contributed by atoms with Gasteiger partial charge >= 0.3 is 0 Å². The molecule has 4 heteroatoms. The number of nitrogens with zero attached hydrogens (tertiary/aromatic N) is 2. The van der Waals surface area contributed by atoms with Gasteiger partial charge in [-0.2, -0.15) is 5.26 Å². The molecule has 2 rings (SSSR count). The van der Waals surface area contributed by atoms with Crippen LogP contribution in [0.25, 0.3) is 0 Å². The van der Waals surface area contributed by atoms with E-state index in [1.807, 2.05) is 4.90 Å². The normalized spacial score (nSPS) is 22.9. The van der Waals surface area contributed by atoms with Crippen LogP contribution in [0.5, 0.6) is 0 Å². The highest BCUT2D eigenvalue weighted by Crippen LogP contribution is 2.31. The number of nitriles is 1. The Balaban J connectivity index is 2.22. The summed E-state index contributed by atoms with van der Waals surface area (Å²) in [5, 5.41) is 8.68. The van der Waals surface area contributed by atoms with Gasteiger partial charge in [0.05, 0.1) is 11.3 Å². The van der Waals surface area contributed by atoms with Crippen LogP contribution in [0.2, 0.25) is 0 Å². The van der Waals surface area contributed by atoms with Gasteiger partial charge in [0, 0.05) is 13.1 Å². The van der Waals surface area contributed by atoms with Crippen molar-refractivity contribution in [2.45, 2.75) is 38.6 Å². The minimum Gasteiger partial charge on any atom is -0.369 e. The van der Waals surface area contributed by atoms with Crippen molar-refractivity contribution in [2.24, 2.45) is 5.92 Å². The first-order chi connectivity index (χ1) is 9.04. The molecule has 1 aliphatic rings. The molecule has 0 unspecified atom stereocenters. The molecular weight excluding hydrogens is 246 g/mol. The molecule has 1 aromatic carbocycles. The van der Waals surface area contributed by atoms with Crippen molar-refractivity contribution < 1.29 is 8.78 Å². The number of benzene rings is 1. The minimum absolute atomic E-state index is 0.244. The van der Waals surface area contributed by atoms with E-state index in [4.69, 9.17) is 5.26 Å². The van der Waals surface area contributed by atoms with Crippen LogP contribution in [0.1, 0.15) is 38.2 Å². The highest BCUT2D eigenvalue weighted by molar-refractivity contribution is 5.52. The lowest BCUT2D eigenvalue weighted by Crippen LogP contribution is -2.35. The zero-order chi connectivity index (χ0) is 14.0. The van der Waals surface area contributed by atoms with E-state index in [0.717, 1.165) is 25.7 Å². The Morgan fingerprint density at radius 3 is 2.37 bits per heavy atom. The summed E-state index contributed by atoms with van der Waals surface area (Å²) in [5.41, 5.74) is 0.00275. The minimum atomic E-state index is -1.05. The fraction of sp³-hybridized carbons (Fsp3) is 0.533. The van der Waals surface area contributed by atoms with Gasteiger partial charge in [0.1, 0.15) is 6.07 Å². The number of halogens is 2. The molecule has 102 valence electrons. The first-order valence-electron chi connectivity index (χ1n) is 6.65. The summed E-state index contributed by atoms with van der Waals surface area (Å²) in [4.78, 5) is 1.81. The fourth-order valence-electron chi connectivity index (χ4n) is 2.72. The monoisotopic (exact) mass is 264 g/mol. The molecule has 1 saturated carbocycles. The Morgan fingerprint density at radius 1 is 1.16 bits per heavy atom. The predicted octanol–water partition coefficient (Wildman–Crippen LogP) is 3.85. The topological polar surface area (TPSA) is 27.0 Å². The lowest BCUT2D eigenvalue weighted by Gasteiger charge is -2.35. The van der Waals surface area contributed by atoms with Gasteiger partial charge in [-0.05, 0) is 43.7 Å². The summed E-state index contributed by atoms with van der Waals surface area (Å²) in [6.07, 6.45) is 4.24. The van der Waals surface area contributed by atoms with Crippen molar-refractivity contribution in [3.63, 3.8) is 0 Å². The molecular formula is C15H18F2N2. The van der Waals surface area contributed by atoms with Gasteiger partial charge in [0.25, 0.3) is 0 Å². The molecule has 0 heterocycles. The second-order valence-electron chi connectivity index (χ2n) is 5.40. The molecule has 0 N–H and O–H groups in total. The van der Waals surface area contributed by atoms with Crippen LogP contribution in [0, 0.1) is 28.9 Å². The molecule has 0 aliphatic heterocycles. The first-order valence-corrected chi connectivity index (χ1v) is 6.65. The third-order valence-electron chi connectivity index (χ3n) is 4.10. The molecule has 0 atom stereocenters. The molecule has 0 saturated heterocycles. The van der Waals surface area contributed by atoms with E-state index in [9.17, 15) is 8.78 Å². The molecule has 19 heavy (non-hydrogen) atoms. The molecule has 0 amide bonds. The van der Waals surface area contributed by atoms with Crippen LogP contribution in [0.3, 0.4) is 0 Å². The van der Waals surface area contributed by atoms with Crippen LogP contribution in [-0.4, -0.2) is 13.1 Å². The summed E-state index contributed by atoms with van der Waals surface area (Å²) in [5.74, 6) is -1.25. The first kappa shape index (κ1) is 13.8. The summed E-state index contributed by atoms with van der Waals surface area (Å²) >= 11 is 0. The van der Waals surface area contributed by atoms with Crippen LogP contribution < -0.4 is 4.90 Å². The second-order valence-corrected chi connectivity index (χ2v) is 5.40. The molecule has 1 aromatic rings. The molecule has 0 spiro atoms. The zero-order valence-corrected chi connectivity index (χ0v) is 11.3. The lowest BCUT2D eigenvalue weighted by molar-refractivity contribution is 0.339. The molecule has 1 aliphatic carbocycles. The molecule has 0 aromatic heterocycles. The molecule has 0 bridgehead atoms. The fourth-order valence-corrected chi connectivity index (χ4v) is 2.72. The van der Waals surface area contributed by atoms with E-state index in [1.54, 1.807) is 13.1 Å². The summed E-state index contributed by atoms with van der Waals surface area (Å²) in [7, 11) is 1.80. The van der Waals surface area contributed by atoms with Gasteiger partial charge in [-0.15, -0.1) is 0 Å². The molecule has 2 nitrogen and oxygen atoms in total. The second kappa shape index (κ2) is 5.56. The SMILES string of the molecule is CC1CCC(N(C)c2ccc(C#N)c(F)c2F)CC1. The average molecular weight is 264 g/mol. The smallest absolute Gasteiger partial charge is 0.183 e. The highest BCUT2D eigenvalue weighted by atomic mass is 19.2.